The minimum absolute atomic E-state index is 0.381. The van der Waals surface area contributed by atoms with Crippen molar-refractivity contribution in [3.05, 3.63) is 47.8 Å². The van der Waals surface area contributed by atoms with Crippen LogP contribution in [0.15, 0.2) is 36.4 Å². The smallest absolute Gasteiger partial charge is 0.321 e. The Balaban J connectivity index is 2.59. The Kier molecular flexibility index (Phi) is 3.30. The molecule has 2 aromatic rings. The highest BCUT2D eigenvalue weighted by atomic mass is 19.1. The van der Waals surface area contributed by atoms with Crippen molar-refractivity contribution in [3.63, 3.8) is 0 Å². The maximum absolute atomic E-state index is 13.5. The van der Waals surface area contributed by atoms with E-state index in [4.69, 9.17) is 10.8 Å². The molecule has 2 atom stereocenters. The molecule has 4 heteroatoms. The van der Waals surface area contributed by atoms with Gasteiger partial charge in [0, 0.05) is 5.92 Å². The van der Waals surface area contributed by atoms with Crippen molar-refractivity contribution in [1.82, 2.24) is 0 Å². The largest absolute Gasteiger partial charge is 0.480 e. The second kappa shape index (κ2) is 4.74. The second-order valence-electron chi connectivity index (χ2n) is 4.37. The van der Waals surface area contributed by atoms with E-state index >= 15 is 0 Å². The lowest BCUT2D eigenvalue weighted by atomic mass is 9.89. The molecule has 18 heavy (non-hydrogen) atoms. The molecule has 3 nitrogen and oxygen atoms in total. The number of hydrogen-bond acceptors (Lipinski definition) is 2. The molecule has 0 saturated heterocycles. The van der Waals surface area contributed by atoms with Gasteiger partial charge in [0.1, 0.15) is 11.9 Å². The first kappa shape index (κ1) is 12.5. The molecule has 0 fully saturated rings. The van der Waals surface area contributed by atoms with Gasteiger partial charge in [0.25, 0.3) is 0 Å². The van der Waals surface area contributed by atoms with Gasteiger partial charge in [-0.2, -0.15) is 0 Å². The fourth-order valence-electron chi connectivity index (χ4n) is 2.09. The molecule has 0 aliphatic rings. The van der Waals surface area contributed by atoms with Gasteiger partial charge < -0.3 is 10.8 Å². The van der Waals surface area contributed by atoms with Gasteiger partial charge >= 0.3 is 5.97 Å². The number of rotatable bonds is 3. The van der Waals surface area contributed by atoms with Gasteiger partial charge in [0.2, 0.25) is 0 Å². The average molecular weight is 247 g/mol. The standard InChI is InChI=1S/C14H14FNO2/c1-8(13(16)14(17)18)12-7-10(15)6-9-4-2-3-5-11(9)12/h2-8,13H,16H2,1H3,(H,17,18)/t8-,13+/m1/s1. The molecular formula is C14H14FNO2. The third-order valence-corrected chi connectivity index (χ3v) is 3.17. The van der Waals surface area contributed by atoms with Crippen LogP contribution in [-0.4, -0.2) is 17.1 Å². The minimum Gasteiger partial charge on any atom is -0.480 e. The van der Waals surface area contributed by atoms with E-state index in [9.17, 15) is 9.18 Å². The number of carboxylic acid groups (broad SMARTS) is 1. The topological polar surface area (TPSA) is 63.3 Å². The average Bonchev–Trinajstić information content (AvgIpc) is 2.35. The highest BCUT2D eigenvalue weighted by Gasteiger charge is 2.23. The number of nitrogens with two attached hydrogens (primary N) is 1. The summed E-state index contributed by atoms with van der Waals surface area (Å²) in [5.41, 5.74) is 6.24. The third kappa shape index (κ3) is 2.19. The molecule has 0 aliphatic heterocycles. The summed E-state index contributed by atoms with van der Waals surface area (Å²) in [4.78, 5) is 10.9. The first-order chi connectivity index (χ1) is 8.50. The summed E-state index contributed by atoms with van der Waals surface area (Å²) in [5, 5.41) is 10.5. The lowest BCUT2D eigenvalue weighted by molar-refractivity contribution is -0.138. The van der Waals surface area contributed by atoms with Gasteiger partial charge in [-0.3, -0.25) is 4.79 Å². The summed E-state index contributed by atoms with van der Waals surface area (Å²) in [6, 6.07) is 9.02. The van der Waals surface area contributed by atoms with E-state index in [2.05, 4.69) is 0 Å². The van der Waals surface area contributed by atoms with Gasteiger partial charge in [0.15, 0.2) is 0 Å². The molecular weight excluding hydrogens is 233 g/mol. The van der Waals surface area contributed by atoms with Crippen LogP contribution in [0.2, 0.25) is 0 Å². The number of carbonyl (C=O) groups is 1. The van der Waals surface area contributed by atoms with Crippen molar-refractivity contribution >= 4 is 16.7 Å². The van der Waals surface area contributed by atoms with Gasteiger partial charge in [-0.15, -0.1) is 0 Å². The van der Waals surface area contributed by atoms with Crippen LogP contribution in [0.25, 0.3) is 10.8 Å². The zero-order valence-electron chi connectivity index (χ0n) is 9.93. The SMILES string of the molecule is C[C@H](c1cc(F)cc2ccccc12)[C@H](N)C(=O)O. The lowest BCUT2D eigenvalue weighted by Crippen LogP contribution is -2.35. The zero-order chi connectivity index (χ0) is 13.3. The van der Waals surface area contributed by atoms with E-state index in [0.29, 0.717) is 5.56 Å². The number of aliphatic carboxylic acids is 1. The highest BCUT2D eigenvalue weighted by molar-refractivity contribution is 5.87. The second-order valence-corrected chi connectivity index (χ2v) is 4.37. The summed E-state index contributed by atoms with van der Waals surface area (Å²) >= 11 is 0. The molecule has 0 heterocycles. The maximum atomic E-state index is 13.5. The van der Waals surface area contributed by atoms with Crippen LogP contribution in [0.1, 0.15) is 18.4 Å². The Hall–Kier alpha value is -1.94. The Bertz CT molecular complexity index is 597. The Labute approximate surface area is 104 Å². The summed E-state index contributed by atoms with van der Waals surface area (Å²) in [6.45, 7) is 1.69. The predicted octanol–water partition coefficient (Wildman–Crippen LogP) is 2.49. The molecule has 0 unspecified atom stereocenters. The van der Waals surface area contributed by atoms with Crippen LogP contribution in [-0.2, 0) is 4.79 Å². The first-order valence-corrected chi connectivity index (χ1v) is 5.67. The van der Waals surface area contributed by atoms with E-state index in [1.54, 1.807) is 13.0 Å². The van der Waals surface area contributed by atoms with Gasteiger partial charge in [-0.25, -0.2) is 4.39 Å². The van der Waals surface area contributed by atoms with E-state index in [-0.39, 0.29) is 5.82 Å². The number of halogens is 1. The van der Waals surface area contributed by atoms with Crippen LogP contribution in [0, 0.1) is 5.82 Å². The van der Waals surface area contributed by atoms with Crippen molar-refractivity contribution in [1.29, 1.82) is 0 Å². The quantitative estimate of drug-likeness (QED) is 0.875. The van der Waals surface area contributed by atoms with Gasteiger partial charge in [0.05, 0.1) is 0 Å². The predicted molar refractivity (Wildman–Crippen MR) is 67.9 cm³/mol. The first-order valence-electron chi connectivity index (χ1n) is 5.67. The number of benzene rings is 2. The molecule has 0 amide bonds. The summed E-state index contributed by atoms with van der Waals surface area (Å²) in [5.74, 6) is -1.92. The lowest BCUT2D eigenvalue weighted by Gasteiger charge is -2.18. The molecule has 0 saturated carbocycles. The summed E-state index contributed by atoms with van der Waals surface area (Å²) < 4.78 is 13.5. The van der Waals surface area contributed by atoms with Crippen LogP contribution in [0.4, 0.5) is 4.39 Å². The third-order valence-electron chi connectivity index (χ3n) is 3.17. The van der Waals surface area contributed by atoms with E-state index in [0.717, 1.165) is 10.8 Å². The van der Waals surface area contributed by atoms with E-state index < -0.39 is 17.9 Å². The molecule has 0 spiro atoms. The monoisotopic (exact) mass is 247 g/mol. The molecule has 0 bridgehead atoms. The van der Waals surface area contributed by atoms with Crippen LogP contribution < -0.4 is 5.73 Å². The molecule has 2 aromatic carbocycles. The maximum Gasteiger partial charge on any atom is 0.321 e. The number of fused-ring (bicyclic) bond motifs is 1. The number of carboxylic acids is 1. The van der Waals surface area contributed by atoms with Gasteiger partial charge in [-0.1, -0.05) is 31.2 Å². The normalized spacial score (nSPS) is 14.4. The molecule has 3 N–H and O–H groups in total. The Morgan fingerprint density at radius 2 is 2.00 bits per heavy atom. The van der Waals surface area contributed by atoms with E-state index in [1.165, 1.54) is 12.1 Å². The molecule has 0 aliphatic carbocycles. The molecule has 2 rings (SSSR count). The van der Waals surface area contributed by atoms with Crippen LogP contribution >= 0.6 is 0 Å². The summed E-state index contributed by atoms with van der Waals surface area (Å²) in [7, 11) is 0. The van der Waals surface area contributed by atoms with Gasteiger partial charge in [-0.05, 0) is 28.5 Å². The minimum atomic E-state index is -1.09. The van der Waals surface area contributed by atoms with Crippen molar-refractivity contribution in [2.75, 3.05) is 0 Å². The Morgan fingerprint density at radius 1 is 1.33 bits per heavy atom. The van der Waals surface area contributed by atoms with Crippen molar-refractivity contribution in [3.8, 4) is 0 Å². The fraction of sp³-hybridized carbons (Fsp3) is 0.214. The summed E-state index contributed by atoms with van der Waals surface area (Å²) in [6.07, 6.45) is 0. The van der Waals surface area contributed by atoms with Crippen molar-refractivity contribution < 1.29 is 14.3 Å². The number of hydrogen-bond donors (Lipinski definition) is 2. The zero-order valence-corrected chi connectivity index (χ0v) is 9.93. The highest BCUT2D eigenvalue weighted by Crippen LogP contribution is 2.28. The van der Waals surface area contributed by atoms with Crippen molar-refractivity contribution in [2.24, 2.45) is 5.73 Å². The van der Waals surface area contributed by atoms with Crippen LogP contribution in [0.5, 0.6) is 0 Å². The Morgan fingerprint density at radius 3 is 2.67 bits per heavy atom. The molecule has 0 radical (unpaired) electrons. The van der Waals surface area contributed by atoms with Crippen molar-refractivity contribution in [2.45, 2.75) is 18.9 Å². The fourth-order valence-corrected chi connectivity index (χ4v) is 2.09. The van der Waals surface area contributed by atoms with Crippen LogP contribution in [0.3, 0.4) is 0 Å². The molecule has 94 valence electrons. The van der Waals surface area contributed by atoms with E-state index in [1.807, 2.05) is 18.2 Å². The molecule has 0 aromatic heterocycles.